The number of benzene rings is 2. The van der Waals surface area contributed by atoms with Gasteiger partial charge >= 0.3 is 0 Å². The Balaban J connectivity index is 1.60. The van der Waals surface area contributed by atoms with Crippen LogP contribution in [-0.2, 0) is 16.6 Å². The van der Waals surface area contributed by atoms with Gasteiger partial charge in [0.2, 0.25) is 0 Å². The van der Waals surface area contributed by atoms with Crippen molar-refractivity contribution in [1.29, 1.82) is 0 Å². The number of ether oxygens (including phenoxy) is 1. The number of rotatable bonds is 6. The van der Waals surface area contributed by atoms with E-state index in [9.17, 15) is 13.2 Å². The average molecular weight is 439 g/mol. The van der Waals surface area contributed by atoms with Crippen molar-refractivity contribution in [3.05, 3.63) is 87.5 Å². The van der Waals surface area contributed by atoms with Crippen molar-refractivity contribution in [1.82, 2.24) is 9.56 Å². The predicted octanol–water partition coefficient (Wildman–Crippen LogP) is 3.59. The Hall–Kier alpha value is -3.59. The largest absolute Gasteiger partial charge is 0.485 e. The summed E-state index contributed by atoms with van der Waals surface area (Å²) in [5.74, 6) is 0.898. The van der Waals surface area contributed by atoms with Gasteiger partial charge in [-0.15, -0.1) is 4.57 Å². The molecular formula is C22H21N3O5S. The van der Waals surface area contributed by atoms with Gasteiger partial charge in [-0.1, -0.05) is 23.8 Å². The van der Waals surface area contributed by atoms with Crippen LogP contribution >= 0.6 is 0 Å². The van der Waals surface area contributed by atoms with E-state index >= 15 is 0 Å². The minimum Gasteiger partial charge on any atom is -0.485 e. The molecule has 4 rings (SSSR count). The monoisotopic (exact) mass is 439 g/mol. The number of hydrogen-bond acceptors (Lipinski definition) is 6. The van der Waals surface area contributed by atoms with Crippen LogP contribution in [0.1, 0.15) is 22.6 Å². The Morgan fingerprint density at radius 2 is 1.71 bits per heavy atom. The highest BCUT2D eigenvalue weighted by molar-refractivity contribution is 7.92. The fraction of sp³-hybridized carbons (Fsp3) is 0.182. The van der Waals surface area contributed by atoms with Crippen LogP contribution in [0.3, 0.4) is 0 Å². The highest BCUT2D eigenvalue weighted by atomic mass is 32.2. The van der Waals surface area contributed by atoms with E-state index in [1.807, 2.05) is 13.8 Å². The summed E-state index contributed by atoms with van der Waals surface area (Å²) in [6.45, 7) is 5.47. The molecule has 160 valence electrons. The molecular weight excluding hydrogens is 418 g/mol. The molecule has 9 heteroatoms. The summed E-state index contributed by atoms with van der Waals surface area (Å²) in [4.78, 5) is 16.7. The smallest absolute Gasteiger partial charge is 0.287 e. The van der Waals surface area contributed by atoms with Gasteiger partial charge in [-0.05, 0) is 50.6 Å². The Bertz CT molecular complexity index is 1420. The van der Waals surface area contributed by atoms with Crippen LogP contribution in [0.25, 0.3) is 5.65 Å². The number of fused-ring (bicyclic) bond motifs is 1. The molecule has 4 aromatic rings. The van der Waals surface area contributed by atoms with E-state index in [-0.39, 0.29) is 17.1 Å². The summed E-state index contributed by atoms with van der Waals surface area (Å²) in [5.41, 5.74) is 2.57. The van der Waals surface area contributed by atoms with Crippen molar-refractivity contribution in [2.75, 3.05) is 4.72 Å². The van der Waals surface area contributed by atoms with Crippen molar-refractivity contribution in [3.8, 4) is 5.75 Å². The average Bonchev–Trinajstić information content (AvgIpc) is 3.09. The Kier molecular flexibility index (Phi) is 5.28. The lowest BCUT2D eigenvalue weighted by atomic mass is 10.2. The molecule has 0 fully saturated rings. The fourth-order valence-electron chi connectivity index (χ4n) is 3.05. The number of nitrogens with zero attached hydrogens (tertiary/aromatic N) is 2. The predicted molar refractivity (Wildman–Crippen MR) is 116 cm³/mol. The normalized spacial score (nSPS) is 11.6. The number of nitrogens with one attached hydrogen (secondary N) is 1. The molecule has 2 aromatic heterocycles. The zero-order valence-corrected chi connectivity index (χ0v) is 18.1. The quantitative estimate of drug-likeness (QED) is 0.492. The molecule has 0 atom stereocenters. The highest BCUT2D eigenvalue weighted by Gasteiger charge is 2.17. The molecule has 0 aliphatic heterocycles. The molecule has 1 N–H and O–H groups in total. The second-order valence-corrected chi connectivity index (χ2v) is 8.97. The first kappa shape index (κ1) is 20.7. The molecule has 0 unspecified atom stereocenters. The molecule has 0 spiro atoms. The number of aromatic nitrogens is 2. The Labute approximate surface area is 179 Å². The summed E-state index contributed by atoms with van der Waals surface area (Å²) in [5, 5.41) is 0. The molecule has 0 aliphatic carbocycles. The SMILES string of the molecule is Cc1ccc(S(=O)(=O)Nc2ccc(C)cc2OCc2cc(=O)n3oc(C)cc3n2)cc1. The molecule has 0 radical (unpaired) electrons. The third-order valence-corrected chi connectivity index (χ3v) is 5.99. The second kappa shape index (κ2) is 7.92. The third-order valence-electron chi connectivity index (χ3n) is 4.61. The van der Waals surface area contributed by atoms with Crippen LogP contribution < -0.4 is 15.0 Å². The van der Waals surface area contributed by atoms with Gasteiger partial charge in [0.05, 0.1) is 16.3 Å². The molecule has 0 aliphatic rings. The zero-order chi connectivity index (χ0) is 22.2. The van der Waals surface area contributed by atoms with E-state index in [1.54, 1.807) is 55.5 Å². The second-order valence-electron chi connectivity index (χ2n) is 7.29. The van der Waals surface area contributed by atoms with Crippen LogP contribution in [0.5, 0.6) is 5.75 Å². The maximum Gasteiger partial charge on any atom is 0.287 e. The van der Waals surface area contributed by atoms with E-state index in [0.29, 0.717) is 28.5 Å². The minimum absolute atomic E-state index is 0.0152. The van der Waals surface area contributed by atoms with Crippen molar-refractivity contribution < 1.29 is 17.7 Å². The van der Waals surface area contributed by atoms with Crippen LogP contribution in [0.15, 0.2) is 68.8 Å². The van der Waals surface area contributed by atoms with E-state index in [1.165, 1.54) is 6.07 Å². The lowest BCUT2D eigenvalue weighted by Gasteiger charge is -2.14. The number of aryl methyl sites for hydroxylation is 3. The summed E-state index contributed by atoms with van der Waals surface area (Å²) >= 11 is 0. The van der Waals surface area contributed by atoms with Gasteiger partial charge < -0.3 is 9.26 Å². The lowest BCUT2D eigenvalue weighted by Crippen LogP contribution is -2.15. The third kappa shape index (κ3) is 4.46. The summed E-state index contributed by atoms with van der Waals surface area (Å²) in [6, 6.07) is 14.7. The van der Waals surface area contributed by atoms with Crippen LogP contribution in [-0.4, -0.2) is 18.0 Å². The Morgan fingerprint density at radius 3 is 2.45 bits per heavy atom. The van der Waals surface area contributed by atoms with Crippen LogP contribution in [0, 0.1) is 20.8 Å². The molecule has 2 heterocycles. The molecule has 0 saturated heterocycles. The molecule has 8 nitrogen and oxygen atoms in total. The van der Waals surface area contributed by atoms with Crippen molar-refractivity contribution >= 4 is 21.4 Å². The number of anilines is 1. The van der Waals surface area contributed by atoms with E-state index in [0.717, 1.165) is 15.7 Å². The molecule has 0 amide bonds. The molecule has 31 heavy (non-hydrogen) atoms. The standard InChI is InChI=1S/C22H21N3O5S/c1-14-4-7-18(8-5-14)31(27,28)24-19-9-6-15(2)10-20(19)29-13-17-12-22(26)25-21(23-17)11-16(3)30-25/h4-12,24H,13H2,1-3H3. The van der Waals surface area contributed by atoms with Crippen molar-refractivity contribution in [2.45, 2.75) is 32.3 Å². The summed E-state index contributed by atoms with van der Waals surface area (Å²) in [7, 11) is -3.79. The van der Waals surface area contributed by atoms with Crippen molar-refractivity contribution in [2.24, 2.45) is 0 Å². The van der Waals surface area contributed by atoms with Gasteiger partial charge in [0.25, 0.3) is 15.6 Å². The van der Waals surface area contributed by atoms with Gasteiger partial charge in [-0.2, -0.15) is 0 Å². The maximum absolute atomic E-state index is 12.8. The number of sulfonamides is 1. The number of hydrogen-bond donors (Lipinski definition) is 1. The molecule has 0 saturated carbocycles. The Morgan fingerprint density at radius 1 is 1.00 bits per heavy atom. The first-order valence-electron chi connectivity index (χ1n) is 9.54. The first-order chi connectivity index (χ1) is 14.7. The van der Waals surface area contributed by atoms with Gasteiger partial charge in [0, 0.05) is 12.1 Å². The fourth-order valence-corrected chi connectivity index (χ4v) is 4.12. The maximum atomic E-state index is 12.8. The zero-order valence-electron chi connectivity index (χ0n) is 17.2. The highest BCUT2D eigenvalue weighted by Crippen LogP contribution is 2.29. The van der Waals surface area contributed by atoms with Gasteiger partial charge in [0.15, 0.2) is 5.65 Å². The van der Waals surface area contributed by atoms with Crippen LogP contribution in [0.2, 0.25) is 0 Å². The summed E-state index contributed by atoms with van der Waals surface area (Å²) < 4.78 is 40.4. The van der Waals surface area contributed by atoms with Gasteiger partial charge in [0.1, 0.15) is 18.1 Å². The van der Waals surface area contributed by atoms with Gasteiger partial charge in [-0.3, -0.25) is 9.52 Å². The molecule has 0 bridgehead atoms. The van der Waals surface area contributed by atoms with Crippen LogP contribution in [0.4, 0.5) is 5.69 Å². The topological polar surface area (TPSA) is 103 Å². The van der Waals surface area contributed by atoms with E-state index in [2.05, 4.69) is 9.71 Å². The van der Waals surface area contributed by atoms with E-state index in [4.69, 9.17) is 9.26 Å². The molecule has 2 aromatic carbocycles. The summed E-state index contributed by atoms with van der Waals surface area (Å²) in [6.07, 6.45) is 0. The van der Waals surface area contributed by atoms with Gasteiger partial charge in [-0.25, -0.2) is 13.4 Å². The van der Waals surface area contributed by atoms with E-state index < -0.39 is 10.0 Å². The van der Waals surface area contributed by atoms with Crippen molar-refractivity contribution in [3.63, 3.8) is 0 Å². The minimum atomic E-state index is -3.79. The first-order valence-corrected chi connectivity index (χ1v) is 11.0. The lowest BCUT2D eigenvalue weighted by molar-refractivity contribution is 0.300.